The Bertz CT molecular complexity index is 292. The van der Waals surface area contributed by atoms with Gasteiger partial charge in [-0.2, -0.15) is 0 Å². The zero-order chi connectivity index (χ0) is 15.3. The first-order valence-corrected chi connectivity index (χ1v) is 9.47. The average molecular weight is 293 g/mol. The number of Topliss-reactive ketones (excluding diaryl/α,β-unsaturated/α-hetero) is 1. The maximum atomic E-state index is 12.0. The van der Waals surface area contributed by atoms with Gasteiger partial charge in [0.05, 0.1) is 0 Å². The van der Waals surface area contributed by atoms with Gasteiger partial charge in [0.15, 0.2) is 0 Å². The van der Waals surface area contributed by atoms with Gasteiger partial charge >= 0.3 is 0 Å². The molecule has 1 heteroatoms. The number of ketones is 1. The second kappa shape index (κ2) is 12.0. The third-order valence-electron chi connectivity index (χ3n) is 4.95. The molecule has 0 aromatic heterocycles. The van der Waals surface area contributed by atoms with Crippen LogP contribution in [0.4, 0.5) is 0 Å². The quantitative estimate of drug-likeness (QED) is 0.297. The fraction of sp³-hybridized carbons (Fsp3) is 0.850. The summed E-state index contributed by atoms with van der Waals surface area (Å²) in [4.78, 5) is 12.0. The number of unbranched alkanes of at least 4 members (excludes halogenated alkanes) is 7. The summed E-state index contributed by atoms with van der Waals surface area (Å²) in [6.45, 7) is 4.49. The lowest BCUT2D eigenvalue weighted by Crippen LogP contribution is -2.14. The Kier molecular flexibility index (Phi) is 10.6. The molecular formula is C20H36O. The van der Waals surface area contributed by atoms with E-state index in [0.717, 1.165) is 19.3 Å². The van der Waals surface area contributed by atoms with Gasteiger partial charge in [-0.1, -0.05) is 77.4 Å². The first-order valence-electron chi connectivity index (χ1n) is 9.47. The minimum absolute atomic E-state index is 0.346. The SMILES string of the molecule is CCCCC=CC[C@H]1C(=O)CC[C@@H]1CCCCCCCC. The van der Waals surface area contributed by atoms with E-state index in [1.807, 2.05) is 0 Å². The van der Waals surface area contributed by atoms with Crippen LogP contribution in [-0.4, -0.2) is 5.78 Å². The van der Waals surface area contributed by atoms with Gasteiger partial charge < -0.3 is 0 Å². The van der Waals surface area contributed by atoms with E-state index in [0.29, 0.717) is 17.6 Å². The molecule has 0 radical (unpaired) electrons. The van der Waals surface area contributed by atoms with Crippen molar-refractivity contribution < 1.29 is 4.79 Å². The van der Waals surface area contributed by atoms with E-state index in [-0.39, 0.29) is 0 Å². The van der Waals surface area contributed by atoms with Gasteiger partial charge in [-0.05, 0) is 31.6 Å². The lowest BCUT2D eigenvalue weighted by Gasteiger charge is -2.16. The summed E-state index contributed by atoms with van der Waals surface area (Å²) in [5.74, 6) is 1.56. The molecule has 0 amide bonds. The van der Waals surface area contributed by atoms with Crippen molar-refractivity contribution in [1.82, 2.24) is 0 Å². The third-order valence-corrected chi connectivity index (χ3v) is 4.95. The fourth-order valence-corrected chi connectivity index (χ4v) is 3.52. The second-order valence-electron chi connectivity index (χ2n) is 6.78. The van der Waals surface area contributed by atoms with E-state index in [1.54, 1.807) is 0 Å². The Morgan fingerprint density at radius 2 is 1.67 bits per heavy atom. The van der Waals surface area contributed by atoms with Crippen LogP contribution in [0.25, 0.3) is 0 Å². The number of allylic oxidation sites excluding steroid dienone is 2. The summed E-state index contributed by atoms with van der Waals surface area (Å²) in [5, 5.41) is 0. The molecular weight excluding hydrogens is 256 g/mol. The molecule has 1 aliphatic carbocycles. The zero-order valence-electron chi connectivity index (χ0n) is 14.4. The maximum absolute atomic E-state index is 12.0. The van der Waals surface area contributed by atoms with Crippen LogP contribution in [0.5, 0.6) is 0 Å². The number of carbonyl (C=O) groups is 1. The van der Waals surface area contributed by atoms with Crippen LogP contribution in [0.3, 0.4) is 0 Å². The van der Waals surface area contributed by atoms with E-state index in [4.69, 9.17) is 0 Å². The van der Waals surface area contributed by atoms with E-state index in [2.05, 4.69) is 26.0 Å². The van der Waals surface area contributed by atoms with Crippen molar-refractivity contribution in [2.24, 2.45) is 11.8 Å². The van der Waals surface area contributed by atoms with Gasteiger partial charge in [0, 0.05) is 12.3 Å². The Balaban J connectivity index is 2.19. The van der Waals surface area contributed by atoms with Crippen LogP contribution in [0, 0.1) is 11.8 Å². The molecule has 1 fully saturated rings. The van der Waals surface area contributed by atoms with Gasteiger partial charge in [0.2, 0.25) is 0 Å². The van der Waals surface area contributed by atoms with Crippen LogP contribution in [-0.2, 0) is 4.79 Å². The highest BCUT2D eigenvalue weighted by molar-refractivity contribution is 5.83. The van der Waals surface area contributed by atoms with Crippen LogP contribution >= 0.6 is 0 Å². The van der Waals surface area contributed by atoms with Gasteiger partial charge in [0.1, 0.15) is 5.78 Å². The minimum atomic E-state index is 0.346. The van der Waals surface area contributed by atoms with Crippen molar-refractivity contribution in [3.8, 4) is 0 Å². The summed E-state index contributed by atoms with van der Waals surface area (Å²) >= 11 is 0. The Hall–Kier alpha value is -0.590. The van der Waals surface area contributed by atoms with Gasteiger partial charge in [0.25, 0.3) is 0 Å². The van der Waals surface area contributed by atoms with Crippen molar-refractivity contribution >= 4 is 5.78 Å². The van der Waals surface area contributed by atoms with Crippen LogP contribution < -0.4 is 0 Å². The van der Waals surface area contributed by atoms with Crippen molar-refractivity contribution in [3.05, 3.63) is 12.2 Å². The predicted octanol–water partition coefficient (Wildman–Crippen LogP) is 6.47. The lowest BCUT2D eigenvalue weighted by atomic mass is 9.87. The molecule has 0 saturated heterocycles. The van der Waals surface area contributed by atoms with Crippen LogP contribution in [0.1, 0.15) is 97.3 Å². The highest BCUT2D eigenvalue weighted by Crippen LogP contribution is 2.35. The Labute approximate surface area is 132 Å². The molecule has 0 unspecified atom stereocenters. The van der Waals surface area contributed by atoms with Crippen LogP contribution in [0.15, 0.2) is 12.2 Å². The largest absolute Gasteiger partial charge is 0.299 e. The predicted molar refractivity (Wildman–Crippen MR) is 92.5 cm³/mol. The first-order chi connectivity index (χ1) is 10.3. The molecule has 1 aliphatic rings. The lowest BCUT2D eigenvalue weighted by molar-refractivity contribution is -0.121. The smallest absolute Gasteiger partial charge is 0.136 e. The molecule has 1 saturated carbocycles. The molecule has 0 bridgehead atoms. The summed E-state index contributed by atoms with van der Waals surface area (Å²) < 4.78 is 0. The summed E-state index contributed by atoms with van der Waals surface area (Å²) in [6, 6.07) is 0. The molecule has 122 valence electrons. The highest BCUT2D eigenvalue weighted by Gasteiger charge is 2.32. The van der Waals surface area contributed by atoms with E-state index >= 15 is 0 Å². The maximum Gasteiger partial charge on any atom is 0.136 e. The number of hydrogen-bond donors (Lipinski definition) is 0. The molecule has 0 aromatic carbocycles. The molecule has 0 spiro atoms. The molecule has 1 nitrogen and oxygen atoms in total. The topological polar surface area (TPSA) is 17.1 Å². The molecule has 0 aromatic rings. The molecule has 1 rings (SSSR count). The molecule has 2 atom stereocenters. The van der Waals surface area contributed by atoms with Crippen molar-refractivity contribution in [2.45, 2.75) is 97.3 Å². The second-order valence-corrected chi connectivity index (χ2v) is 6.78. The van der Waals surface area contributed by atoms with E-state index in [9.17, 15) is 4.79 Å². The average Bonchev–Trinajstić information content (AvgIpc) is 2.83. The Morgan fingerprint density at radius 3 is 2.43 bits per heavy atom. The van der Waals surface area contributed by atoms with Gasteiger partial charge in [-0.3, -0.25) is 4.79 Å². The number of carbonyl (C=O) groups excluding carboxylic acids is 1. The minimum Gasteiger partial charge on any atom is -0.299 e. The molecule has 0 N–H and O–H groups in total. The van der Waals surface area contributed by atoms with Gasteiger partial charge in [-0.15, -0.1) is 0 Å². The normalized spacial score (nSPS) is 22.5. The van der Waals surface area contributed by atoms with Crippen LogP contribution in [0.2, 0.25) is 0 Å². The third kappa shape index (κ3) is 7.83. The summed E-state index contributed by atoms with van der Waals surface area (Å²) in [7, 11) is 0. The fourth-order valence-electron chi connectivity index (χ4n) is 3.52. The first kappa shape index (κ1) is 18.5. The van der Waals surface area contributed by atoms with Gasteiger partial charge in [-0.25, -0.2) is 0 Å². The standard InChI is InChI=1S/C20H36O/c1-3-5-7-9-11-12-14-18-16-17-20(21)19(18)15-13-10-8-6-4-2/h10,13,18-19H,3-9,11-12,14-17H2,1-2H3/t18-,19+/m0/s1. The van der Waals surface area contributed by atoms with Crippen molar-refractivity contribution in [3.63, 3.8) is 0 Å². The Morgan fingerprint density at radius 1 is 0.952 bits per heavy atom. The molecule has 0 aliphatic heterocycles. The molecule has 21 heavy (non-hydrogen) atoms. The summed E-state index contributed by atoms with van der Waals surface area (Å²) in [5.41, 5.74) is 0. The van der Waals surface area contributed by atoms with E-state index < -0.39 is 0 Å². The summed E-state index contributed by atoms with van der Waals surface area (Å²) in [6.07, 6.45) is 20.7. The number of rotatable bonds is 12. The van der Waals surface area contributed by atoms with E-state index in [1.165, 1.54) is 64.2 Å². The van der Waals surface area contributed by atoms with Crippen molar-refractivity contribution in [2.75, 3.05) is 0 Å². The zero-order valence-corrected chi connectivity index (χ0v) is 14.4. The monoisotopic (exact) mass is 292 g/mol. The highest BCUT2D eigenvalue weighted by atomic mass is 16.1. The number of hydrogen-bond acceptors (Lipinski definition) is 1. The molecule has 0 heterocycles. The van der Waals surface area contributed by atoms with Crippen molar-refractivity contribution in [1.29, 1.82) is 0 Å².